The van der Waals surface area contributed by atoms with Crippen LogP contribution in [0.4, 0.5) is 11.5 Å². The van der Waals surface area contributed by atoms with Gasteiger partial charge in [-0.2, -0.15) is 0 Å². The molecule has 2 aromatic carbocycles. The minimum atomic E-state index is -3.96. The minimum absolute atomic E-state index is 0.0136. The lowest BCUT2D eigenvalue weighted by Gasteiger charge is -2.17. The van der Waals surface area contributed by atoms with Gasteiger partial charge in [-0.25, -0.2) is 8.42 Å². The first kappa shape index (κ1) is 21.3. The number of sulfonamides is 1. The van der Waals surface area contributed by atoms with E-state index in [4.69, 9.17) is 9.47 Å². The molecule has 0 saturated carbocycles. The Bertz CT molecular complexity index is 1280. The summed E-state index contributed by atoms with van der Waals surface area (Å²) in [5, 5.41) is 2.68. The smallest absolute Gasteiger partial charge is 0.248 e. The van der Waals surface area contributed by atoms with Gasteiger partial charge in [0.25, 0.3) is 0 Å². The maximum Gasteiger partial charge on any atom is 0.248 e. The van der Waals surface area contributed by atoms with Crippen LogP contribution in [0.1, 0.15) is 17.1 Å². The molecule has 0 bridgehead atoms. The fourth-order valence-corrected chi connectivity index (χ4v) is 3.93. The van der Waals surface area contributed by atoms with Crippen molar-refractivity contribution in [1.29, 1.82) is 0 Å². The number of carbonyl (C=O) groups excluding carboxylic acids is 1. The van der Waals surface area contributed by atoms with Gasteiger partial charge in [0.05, 0.1) is 4.90 Å². The second kappa shape index (κ2) is 8.67. The molecular formula is C22H19N4O5S-. The number of fused-ring (bicyclic) bond motifs is 1. The zero-order chi connectivity index (χ0) is 22.7. The largest absolute Gasteiger partial charge is 0.454 e. The van der Waals surface area contributed by atoms with Gasteiger partial charge in [0, 0.05) is 23.3 Å². The molecule has 2 heterocycles. The summed E-state index contributed by atoms with van der Waals surface area (Å²) in [6, 6.07) is 12.6. The molecule has 1 aliphatic rings. The van der Waals surface area contributed by atoms with E-state index in [1.165, 1.54) is 36.4 Å². The quantitative estimate of drug-likeness (QED) is 0.565. The van der Waals surface area contributed by atoms with Gasteiger partial charge in [-0.15, -0.1) is 0 Å². The average molecular weight is 451 g/mol. The molecule has 1 aliphatic heterocycles. The molecule has 0 saturated heterocycles. The van der Waals surface area contributed by atoms with Crippen LogP contribution in [0.2, 0.25) is 0 Å². The van der Waals surface area contributed by atoms with Crippen LogP contribution in [0.3, 0.4) is 0 Å². The summed E-state index contributed by atoms with van der Waals surface area (Å²) < 4.78 is 39.4. The van der Waals surface area contributed by atoms with E-state index in [9.17, 15) is 13.2 Å². The van der Waals surface area contributed by atoms with Crippen molar-refractivity contribution in [2.75, 3.05) is 12.1 Å². The Hall–Kier alpha value is -3.92. The highest BCUT2D eigenvalue weighted by atomic mass is 32.2. The van der Waals surface area contributed by atoms with Crippen LogP contribution >= 0.6 is 0 Å². The molecule has 1 N–H and O–H groups in total. The van der Waals surface area contributed by atoms with Gasteiger partial charge < -0.3 is 24.5 Å². The summed E-state index contributed by atoms with van der Waals surface area (Å²) in [6.07, 6.45) is 3.01. The number of hydrogen-bond donors (Lipinski definition) is 1. The second-order valence-corrected chi connectivity index (χ2v) is 8.54. The molecule has 0 aliphatic carbocycles. The van der Waals surface area contributed by atoms with E-state index in [-0.39, 0.29) is 23.4 Å². The molecule has 9 nitrogen and oxygen atoms in total. The van der Waals surface area contributed by atoms with Gasteiger partial charge in [-0.3, -0.25) is 9.78 Å². The highest BCUT2D eigenvalue weighted by Gasteiger charge is 2.13. The molecule has 1 aromatic heterocycles. The molecule has 4 rings (SSSR count). The van der Waals surface area contributed by atoms with Crippen LogP contribution in [0.15, 0.2) is 59.5 Å². The Morgan fingerprint density at radius 2 is 1.78 bits per heavy atom. The SMILES string of the molecule is Cc1cc([N-]S(=O)(=O)c2ccc(NC(=O)C=Cc3ccc4c(c3)OCO4)cc2)nc(C)n1. The number of aromatic nitrogens is 2. The van der Waals surface area contributed by atoms with Gasteiger partial charge >= 0.3 is 0 Å². The topological polar surface area (TPSA) is 122 Å². The van der Waals surface area contributed by atoms with Crippen molar-refractivity contribution >= 4 is 33.5 Å². The van der Waals surface area contributed by atoms with E-state index in [1.807, 2.05) is 0 Å². The number of aryl methyl sites for hydroxylation is 2. The maximum atomic E-state index is 12.6. The zero-order valence-corrected chi connectivity index (χ0v) is 18.1. The van der Waals surface area contributed by atoms with E-state index in [0.717, 1.165) is 5.56 Å². The lowest BCUT2D eigenvalue weighted by molar-refractivity contribution is -0.111. The van der Waals surface area contributed by atoms with Crippen molar-refractivity contribution in [3.8, 4) is 11.5 Å². The van der Waals surface area contributed by atoms with Crippen molar-refractivity contribution in [2.45, 2.75) is 18.7 Å². The third-order valence-electron chi connectivity index (χ3n) is 4.41. The van der Waals surface area contributed by atoms with Crippen molar-refractivity contribution in [3.05, 3.63) is 76.4 Å². The first-order valence-electron chi connectivity index (χ1n) is 9.58. The lowest BCUT2D eigenvalue weighted by Crippen LogP contribution is -2.08. The number of amides is 1. The normalized spacial score (nSPS) is 12.7. The first-order chi connectivity index (χ1) is 15.3. The summed E-state index contributed by atoms with van der Waals surface area (Å²) in [5.41, 5.74) is 1.85. The van der Waals surface area contributed by atoms with Crippen molar-refractivity contribution in [3.63, 3.8) is 0 Å². The summed E-state index contributed by atoms with van der Waals surface area (Å²) in [7, 11) is -3.96. The first-order valence-corrected chi connectivity index (χ1v) is 11.0. The molecule has 0 radical (unpaired) electrons. The molecule has 0 atom stereocenters. The van der Waals surface area contributed by atoms with E-state index >= 15 is 0 Å². The van der Waals surface area contributed by atoms with Crippen LogP contribution < -0.4 is 14.8 Å². The Morgan fingerprint density at radius 3 is 2.53 bits per heavy atom. The van der Waals surface area contributed by atoms with E-state index in [1.54, 1.807) is 38.1 Å². The molecule has 0 fully saturated rings. The Labute approximate surface area is 185 Å². The van der Waals surface area contributed by atoms with Crippen molar-refractivity contribution < 1.29 is 22.7 Å². The zero-order valence-electron chi connectivity index (χ0n) is 17.3. The number of hydrogen-bond acceptors (Lipinski definition) is 7. The average Bonchev–Trinajstić information content (AvgIpc) is 3.19. The summed E-state index contributed by atoms with van der Waals surface area (Å²) >= 11 is 0. The monoisotopic (exact) mass is 451 g/mol. The van der Waals surface area contributed by atoms with Crippen LogP contribution in [-0.4, -0.2) is 31.1 Å². The third kappa shape index (κ3) is 5.03. The molecular weight excluding hydrogens is 432 g/mol. The predicted octanol–water partition coefficient (Wildman–Crippen LogP) is 3.87. The molecule has 32 heavy (non-hydrogen) atoms. The van der Waals surface area contributed by atoms with Crippen molar-refractivity contribution in [1.82, 2.24) is 9.97 Å². The van der Waals surface area contributed by atoms with Gasteiger partial charge in [-0.1, -0.05) is 6.07 Å². The summed E-state index contributed by atoms with van der Waals surface area (Å²) in [4.78, 5) is 20.3. The van der Waals surface area contributed by atoms with Gasteiger partial charge in [0.1, 0.15) is 0 Å². The van der Waals surface area contributed by atoms with Gasteiger partial charge in [-0.05, 0) is 73.8 Å². The second-order valence-electron chi connectivity index (χ2n) is 6.94. The van der Waals surface area contributed by atoms with Crippen LogP contribution in [-0.2, 0) is 14.8 Å². The Kier molecular flexibility index (Phi) is 5.78. The highest BCUT2D eigenvalue weighted by molar-refractivity contribution is 7.94. The predicted molar refractivity (Wildman–Crippen MR) is 118 cm³/mol. The highest BCUT2D eigenvalue weighted by Crippen LogP contribution is 2.33. The fraction of sp³-hybridized carbons (Fsp3) is 0.136. The van der Waals surface area contributed by atoms with Crippen molar-refractivity contribution in [2.24, 2.45) is 0 Å². The molecule has 0 spiro atoms. The molecule has 10 heteroatoms. The number of ether oxygens (including phenoxy) is 2. The fourth-order valence-electron chi connectivity index (χ4n) is 3.00. The number of anilines is 1. The molecule has 0 unspecified atom stereocenters. The summed E-state index contributed by atoms with van der Waals surface area (Å²) in [5.74, 6) is 1.43. The summed E-state index contributed by atoms with van der Waals surface area (Å²) in [6.45, 7) is 3.58. The molecule has 3 aromatic rings. The van der Waals surface area contributed by atoms with Crippen LogP contribution in [0.25, 0.3) is 10.8 Å². The number of nitrogens with one attached hydrogen (secondary N) is 1. The van der Waals surface area contributed by atoms with E-state index in [2.05, 4.69) is 20.0 Å². The van der Waals surface area contributed by atoms with Crippen LogP contribution in [0.5, 0.6) is 11.5 Å². The Balaban J connectivity index is 1.40. The third-order valence-corrected chi connectivity index (χ3v) is 5.71. The van der Waals surface area contributed by atoms with E-state index < -0.39 is 10.0 Å². The lowest BCUT2D eigenvalue weighted by atomic mass is 10.2. The van der Waals surface area contributed by atoms with Gasteiger partial charge in [0.2, 0.25) is 22.7 Å². The number of carbonyl (C=O) groups is 1. The van der Waals surface area contributed by atoms with Gasteiger partial charge in [0.15, 0.2) is 11.5 Å². The minimum Gasteiger partial charge on any atom is -0.454 e. The molecule has 164 valence electrons. The standard InChI is InChI=1S/C22H20N4O5S/c1-14-11-21(24-15(2)23-14)26-32(28,29)18-7-5-17(6-8-18)25-22(27)10-4-16-3-9-19-20(12-16)31-13-30-19/h3-12H,13H2,1-2H3,(H2,23,24,25,26,27)/p-1. The Morgan fingerprint density at radius 1 is 1.03 bits per heavy atom. The number of nitrogens with zero attached hydrogens (tertiary/aromatic N) is 3. The molecule has 1 amide bonds. The van der Waals surface area contributed by atoms with Crippen LogP contribution in [0, 0.1) is 13.8 Å². The van der Waals surface area contributed by atoms with E-state index in [0.29, 0.717) is 28.7 Å². The number of benzene rings is 2. The number of rotatable bonds is 6. The maximum absolute atomic E-state index is 12.6.